The fourth-order valence-electron chi connectivity index (χ4n) is 1.80. The first-order valence-corrected chi connectivity index (χ1v) is 7.49. The van der Waals surface area contributed by atoms with E-state index in [0.29, 0.717) is 25.4 Å². The van der Waals surface area contributed by atoms with E-state index >= 15 is 0 Å². The quantitative estimate of drug-likeness (QED) is 0.635. The summed E-state index contributed by atoms with van der Waals surface area (Å²) in [5, 5.41) is 6.07. The molecule has 0 aromatic heterocycles. The van der Waals surface area contributed by atoms with E-state index in [1.54, 1.807) is 0 Å². The molecule has 6 nitrogen and oxygen atoms in total. The van der Waals surface area contributed by atoms with Gasteiger partial charge in [-0.2, -0.15) is 0 Å². The van der Waals surface area contributed by atoms with Crippen LogP contribution in [0.2, 0.25) is 0 Å². The van der Waals surface area contributed by atoms with E-state index in [2.05, 4.69) is 24.5 Å². The Morgan fingerprint density at radius 3 is 2.14 bits per heavy atom. The van der Waals surface area contributed by atoms with Crippen molar-refractivity contribution in [1.82, 2.24) is 10.6 Å². The first-order chi connectivity index (χ1) is 9.51. The van der Waals surface area contributed by atoms with Crippen molar-refractivity contribution in [3.8, 4) is 0 Å². The minimum atomic E-state index is -0.494. The summed E-state index contributed by atoms with van der Waals surface area (Å²) in [6.07, 6.45) is -0.0945. The van der Waals surface area contributed by atoms with Crippen LogP contribution >= 0.6 is 0 Å². The monoisotopic (exact) mass is 301 g/mol. The SMILES string of the molecule is CC(CC(N)=O)NCC(CNC(=O)OC(C)(C)C)C(C)C. The Labute approximate surface area is 128 Å². The van der Waals surface area contributed by atoms with Gasteiger partial charge in [0.15, 0.2) is 0 Å². The van der Waals surface area contributed by atoms with E-state index < -0.39 is 11.7 Å². The number of nitrogens with one attached hydrogen (secondary N) is 2. The Hall–Kier alpha value is -1.30. The lowest BCUT2D eigenvalue weighted by Gasteiger charge is -2.25. The second-order valence-electron chi connectivity index (χ2n) is 6.87. The Balaban J connectivity index is 4.20. The minimum Gasteiger partial charge on any atom is -0.444 e. The van der Waals surface area contributed by atoms with Crippen LogP contribution in [0.25, 0.3) is 0 Å². The van der Waals surface area contributed by atoms with Gasteiger partial charge in [-0.3, -0.25) is 4.79 Å². The molecule has 0 aliphatic rings. The highest BCUT2D eigenvalue weighted by molar-refractivity contribution is 5.74. The molecule has 0 heterocycles. The number of hydrogen-bond donors (Lipinski definition) is 3. The number of ether oxygens (including phenoxy) is 1. The zero-order valence-corrected chi connectivity index (χ0v) is 14.2. The summed E-state index contributed by atoms with van der Waals surface area (Å²) >= 11 is 0. The Morgan fingerprint density at radius 2 is 1.71 bits per heavy atom. The van der Waals surface area contributed by atoms with Gasteiger partial charge in [0.25, 0.3) is 0 Å². The molecule has 0 bridgehead atoms. The third kappa shape index (κ3) is 11.1. The van der Waals surface area contributed by atoms with Crippen LogP contribution in [0.3, 0.4) is 0 Å². The van der Waals surface area contributed by atoms with Crippen LogP contribution in [0, 0.1) is 11.8 Å². The summed E-state index contributed by atoms with van der Waals surface area (Å²) in [5.41, 5.74) is 4.67. The average molecular weight is 301 g/mol. The second-order valence-corrected chi connectivity index (χ2v) is 6.87. The van der Waals surface area contributed by atoms with Crippen LogP contribution in [0.15, 0.2) is 0 Å². The van der Waals surface area contributed by atoms with Crippen molar-refractivity contribution in [3.63, 3.8) is 0 Å². The third-order valence-corrected chi connectivity index (χ3v) is 3.09. The van der Waals surface area contributed by atoms with E-state index in [1.807, 2.05) is 27.7 Å². The second kappa shape index (κ2) is 8.87. The summed E-state index contributed by atoms with van der Waals surface area (Å²) in [5.74, 6) is 0.337. The zero-order valence-electron chi connectivity index (χ0n) is 14.2. The topological polar surface area (TPSA) is 93.5 Å². The number of carbonyl (C=O) groups is 2. The van der Waals surface area contributed by atoms with Gasteiger partial charge in [0.1, 0.15) is 5.60 Å². The fourth-order valence-corrected chi connectivity index (χ4v) is 1.80. The van der Waals surface area contributed by atoms with Gasteiger partial charge in [-0.05, 0) is 39.5 Å². The lowest BCUT2D eigenvalue weighted by molar-refractivity contribution is -0.118. The summed E-state index contributed by atoms with van der Waals surface area (Å²) < 4.78 is 5.21. The van der Waals surface area contributed by atoms with Crippen molar-refractivity contribution < 1.29 is 14.3 Å². The van der Waals surface area contributed by atoms with Crippen LogP contribution < -0.4 is 16.4 Å². The van der Waals surface area contributed by atoms with Crippen molar-refractivity contribution in [1.29, 1.82) is 0 Å². The maximum atomic E-state index is 11.7. The molecule has 0 aromatic rings. The van der Waals surface area contributed by atoms with Crippen molar-refractivity contribution in [2.75, 3.05) is 13.1 Å². The van der Waals surface area contributed by atoms with Crippen LogP contribution in [-0.2, 0) is 9.53 Å². The number of alkyl carbamates (subject to hydrolysis) is 1. The highest BCUT2D eigenvalue weighted by atomic mass is 16.6. The number of rotatable bonds is 8. The third-order valence-electron chi connectivity index (χ3n) is 3.09. The van der Waals surface area contributed by atoms with E-state index in [1.165, 1.54) is 0 Å². The molecule has 0 fully saturated rings. The molecule has 0 saturated heterocycles. The summed E-state index contributed by atoms with van der Waals surface area (Å²) in [6, 6.07) is 0.0327. The Bertz CT molecular complexity index is 338. The molecule has 21 heavy (non-hydrogen) atoms. The van der Waals surface area contributed by atoms with E-state index in [-0.39, 0.29) is 17.9 Å². The maximum Gasteiger partial charge on any atom is 0.407 e. The molecule has 2 atom stereocenters. The number of carbonyl (C=O) groups excluding carboxylic acids is 2. The number of amides is 2. The first-order valence-electron chi connectivity index (χ1n) is 7.49. The largest absolute Gasteiger partial charge is 0.444 e. The van der Waals surface area contributed by atoms with Gasteiger partial charge in [-0.1, -0.05) is 13.8 Å². The highest BCUT2D eigenvalue weighted by Gasteiger charge is 2.19. The normalized spacial score (nSPS) is 14.6. The molecule has 0 aliphatic carbocycles. The maximum absolute atomic E-state index is 11.7. The predicted octanol–water partition coefficient (Wildman–Crippen LogP) is 1.64. The van der Waals surface area contributed by atoms with E-state index in [9.17, 15) is 9.59 Å². The van der Waals surface area contributed by atoms with Gasteiger partial charge in [0.05, 0.1) is 0 Å². The van der Waals surface area contributed by atoms with Crippen LogP contribution in [0.5, 0.6) is 0 Å². The zero-order chi connectivity index (χ0) is 16.6. The Kier molecular flexibility index (Phi) is 8.32. The standard InChI is InChI=1S/C15H31N3O3/c1-10(2)12(8-17-11(3)7-13(16)19)9-18-14(20)21-15(4,5)6/h10-12,17H,7-9H2,1-6H3,(H2,16,19)(H,18,20). The van der Waals surface area contributed by atoms with Crippen molar-refractivity contribution in [2.45, 2.75) is 59.6 Å². The van der Waals surface area contributed by atoms with E-state index in [0.717, 1.165) is 0 Å². The molecule has 2 unspecified atom stereocenters. The van der Waals surface area contributed by atoms with Crippen LogP contribution in [0.1, 0.15) is 48.0 Å². The van der Waals surface area contributed by atoms with Crippen molar-refractivity contribution in [3.05, 3.63) is 0 Å². The lowest BCUT2D eigenvalue weighted by Crippen LogP contribution is -2.42. The molecule has 4 N–H and O–H groups in total. The number of nitrogens with two attached hydrogens (primary N) is 1. The van der Waals surface area contributed by atoms with Crippen molar-refractivity contribution in [2.24, 2.45) is 17.6 Å². The van der Waals surface area contributed by atoms with E-state index in [4.69, 9.17) is 10.5 Å². The number of primary amides is 1. The molecule has 0 spiro atoms. The minimum absolute atomic E-state index is 0.0327. The highest BCUT2D eigenvalue weighted by Crippen LogP contribution is 2.11. The first kappa shape index (κ1) is 19.7. The van der Waals surface area contributed by atoms with Crippen molar-refractivity contribution >= 4 is 12.0 Å². The summed E-state index contributed by atoms with van der Waals surface area (Å²) in [7, 11) is 0. The van der Waals surface area contributed by atoms with Gasteiger partial charge in [-0.15, -0.1) is 0 Å². The fraction of sp³-hybridized carbons (Fsp3) is 0.867. The Morgan fingerprint density at radius 1 is 1.14 bits per heavy atom. The molecule has 124 valence electrons. The van der Waals surface area contributed by atoms with Gasteiger partial charge in [-0.25, -0.2) is 4.79 Å². The molecular formula is C15H31N3O3. The van der Waals surface area contributed by atoms with Gasteiger partial charge < -0.3 is 21.1 Å². The molecule has 0 saturated carbocycles. The molecule has 0 aromatic carbocycles. The molecule has 0 aliphatic heterocycles. The molecule has 0 rings (SSSR count). The van der Waals surface area contributed by atoms with Gasteiger partial charge in [0, 0.05) is 25.6 Å². The van der Waals surface area contributed by atoms with Crippen LogP contribution in [-0.4, -0.2) is 36.7 Å². The molecular weight excluding hydrogens is 270 g/mol. The lowest BCUT2D eigenvalue weighted by atomic mass is 9.95. The molecule has 2 amide bonds. The van der Waals surface area contributed by atoms with Gasteiger partial charge in [0.2, 0.25) is 5.91 Å². The molecule has 0 radical (unpaired) electrons. The summed E-state index contributed by atoms with van der Waals surface area (Å²) in [4.78, 5) is 22.5. The molecule has 6 heteroatoms. The van der Waals surface area contributed by atoms with Gasteiger partial charge >= 0.3 is 6.09 Å². The smallest absolute Gasteiger partial charge is 0.407 e. The summed E-state index contributed by atoms with van der Waals surface area (Å²) in [6.45, 7) is 12.9. The average Bonchev–Trinajstić information content (AvgIpc) is 2.24. The predicted molar refractivity (Wildman–Crippen MR) is 83.8 cm³/mol. The van der Waals surface area contributed by atoms with Crippen LogP contribution in [0.4, 0.5) is 4.79 Å². The number of hydrogen-bond acceptors (Lipinski definition) is 4.